The van der Waals surface area contributed by atoms with Crippen LogP contribution < -0.4 is 16.0 Å². The molecule has 5 aromatic carbocycles. The smallest absolute Gasteiger partial charge is 0.169 e. The van der Waals surface area contributed by atoms with E-state index in [1.165, 1.54) is 98.4 Å². The summed E-state index contributed by atoms with van der Waals surface area (Å²) < 4.78 is 0. The predicted octanol–water partition coefficient (Wildman–Crippen LogP) is 11.4. The van der Waals surface area contributed by atoms with Gasteiger partial charge in [0, 0.05) is 65.4 Å². The summed E-state index contributed by atoms with van der Waals surface area (Å²) in [6.07, 6.45) is 29.4. The van der Waals surface area contributed by atoms with Crippen LogP contribution >= 0.6 is 0 Å². The highest BCUT2D eigenvalue weighted by Gasteiger charge is 2.78. The maximum atomic E-state index is 13.1. The fourth-order valence-electron chi connectivity index (χ4n) is 19.4. The van der Waals surface area contributed by atoms with Gasteiger partial charge in [-0.3, -0.25) is 0 Å². The summed E-state index contributed by atoms with van der Waals surface area (Å²) in [5, 5.41) is 80.7. The lowest BCUT2D eigenvalue weighted by Crippen LogP contribution is -2.78. The number of aryl methyl sites for hydroxylation is 1. The predicted molar refractivity (Wildman–Crippen MR) is 305 cm³/mol. The normalized spacial score (nSPS) is 35.5. The van der Waals surface area contributed by atoms with E-state index in [0.717, 1.165) is 31.4 Å². The first-order valence-electron chi connectivity index (χ1n) is 29.2. The highest BCUT2D eigenvalue weighted by Crippen LogP contribution is 2.79. The van der Waals surface area contributed by atoms with Gasteiger partial charge in [-0.25, -0.2) is 4.98 Å². The average Bonchev–Trinajstić information content (AvgIpc) is 1.93. The van der Waals surface area contributed by atoms with Crippen LogP contribution in [0.2, 0.25) is 0 Å². The van der Waals surface area contributed by atoms with Crippen LogP contribution in [0.25, 0.3) is 22.9 Å². The Morgan fingerprint density at radius 1 is 0.744 bits per heavy atom. The first-order valence-corrected chi connectivity index (χ1v) is 29.2. The van der Waals surface area contributed by atoms with E-state index in [1.807, 2.05) is 18.5 Å². The monoisotopic (exact) mass is 1050 g/mol. The van der Waals surface area contributed by atoms with Crippen LogP contribution in [0.1, 0.15) is 128 Å². The Morgan fingerprint density at radius 2 is 1.58 bits per heavy atom. The molecule has 3 aliphatic heterocycles. The molecule has 11 heteroatoms. The van der Waals surface area contributed by atoms with Gasteiger partial charge in [0.05, 0.1) is 17.8 Å². The second-order valence-electron chi connectivity index (χ2n) is 25.3. The first kappa shape index (κ1) is 49.9. The number of phenolic OH excluding ortho intramolecular Hbond substituents is 5. The summed E-state index contributed by atoms with van der Waals surface area (Å²) in [6.45, 7) is 0.842. The number of likely N-dealkylation sites (N-methyl/N-ethyl adjacent to an activating group) is 1. The molecule has 11 nitrogen and oxygen atoms in total. The van der Waals surface area contributed by atoms with Crippen LogP contribution in [0.5, 0.6) is 28.7 Å². The zero-order valence-corrected chi connectivity index (χ0v) is 44.7. The Balaban J connectivity index is 0.875. The van der Waals surface area contributed by atoms with Crippen molar-refractivity contribution in [1.29, 1.82) is 0 Å². The number of aliphatic hydroxyl groups is 1. The number of hydrogen-bond acceptors (Lipinski definition) is 10. The average molecular weight is 1050 g/mol. The molecule has 5 aliphatic carbocycles. The van der Waals surface area contributed by atoms with Crippen molar-refractivity contribution < 1.29 is 30.6 Å². The number of phenols is 5. The molecule has 6 fully saturated rings. The molecule has 8 aliphatic rings. The van der Waals surface area contributed by atoms with Crippen LogP contribution in [0, 0.1) is 39.9 Å². The van der Waals surface area contributed by atoms with E-state index in [2.05, 4.69) is 107 Å². The molecule has 14 rings (SSSR count). The summed E-state index contributed by atoms with van der Waals surface area (Å²) in [5.74, 6) is 0.467. The number of piperidine rings is 2. The molecular weight excluding hydrogens is 971 g/mol. The Hall–Kier alpha value is -6.37. The Bertz CT molecular complexity index is 3360. The number of aromatic amines is 1. The third-order valence-electron chi connectivity index (χ3n) is 22.2. The summed E-state index contributed by atoms with van der Waals surface area (Å²) in [4.78, 5) is 8.82. The minimum Gasteiger partial charge on any atom is -0.507 e. The van der Waals surface area contributed by atoms with Gasteiger partial charge in [0.25, 0.3) is 0 Å². The molecule has 0 unspecified atom stereocenters. The molecule has 10 N–H and O–H groups in total. The lowest BCUT2D eigenvalue weighted by molar-refractivity contribution is -0.217. The van der Waals surface area contributed by atoms with Gasteiger partial charge in [0.15, 0.2) is 23.0 Å². The SMILES string of the molecule is CNCC1=C[C@H](c2ccccc2)[C@H]2C[C@@]3(C[C@@H]1N2)C[C@@H](c1ccc(CCc2c(O)c(O)c4c(O)cccc4c2/C=C/c2ccc(O)c(O)c2)cc1)N[C@@H]1[C@H]3C[C@@H]2CCC[C@@]23CC[C@]24CCC[C@@H]2C=C[C@@H](O)[C@H]4[C@]13c1cnc[nH]1. The van der Waals surface area contributed by atoms with E-state index >= 15 is 0 Å². The van der Waals surface area contributed by atoms with Crippen LogP contribution in [0.15, 0.2) is 127 Å². The molecule has 6 aromatic rings. The maximum Gasteiger partial charge on any atom is 0.169 e. The molecule has 78 heavy (non-hydrogen) atoms. The number of imidazole rings is 1. The molecule has 0 amide bonds. The number of H-pyrrole nitrogens is 1. The van der Waals surface area contributed by atoms with Gasteiger partial charge >= 0.3 is 0 Å². The van der Waals surface area contributed by atoms with Gasteiger partial charge in [-0.1, -0.05) is 116 Å². The van der Waals surface area contributed by atoms with E-state index in [9.17, 15) is 30.6 Å². The van der Waals surface area contributed by atoms with Gasteiger partial charge < -0.3 is 51.6 Å². The standard InChI is InChI=1S/C67H75N5O6/c1-68-36-43-31-49(41-8-3-2-4-9-41)53-35-64(34-52(43)71-53)33-51(72-63-50(64)32-45-11-7-27-66(45)29-28-65-26-6-10-44(65)21-25-56(75)62(65)67(63,66)58-37-69-38-70-58)42-19-14-39(15-20-42)16-23-48-46(22-17-40-18-24-54(73)57(76)30-40)47-12-5-13-55(74)59(47)61(78)60(48)77/h2-5,8-9,12-15,17-22,24-25,30-31,37-38,44-45,49-53,56,62-63,68,71-78H,6-7,10-11,16,23,26-29,32-36H2,1H3,(H,69,70)/b22-17+/t44-,45+,49-,50-,51+,52+,53-,56-,62-,63-,64+,65-,66-,67-/m1/s1. The van der Waals surface area contributed by atoms with E-state index < -0.39 is 6.10 Å². The zero-order valence-electron chi connectivity index (χ0n) is 44.7. The molecule has 14 atom stereocenters. The van der Waals surface area contributed by atoms with Crippen molar-refractivity contribution in [3.8, 4) is 28.7 Å². The lowest BCUT2D eigenvalue weighted by Gasteiger charge is -2.75. The number of fused-ring (bicyclic) bond motifs is 7. The minimum atomic E-state index is -0.552. The molecule has 404 valence electrons. The quantitative estimate of drug-likeness (QED) is 0.0360. The number of allylic oxidation sites excluding steroid dienone is 1. The molecule has 1 aromatic heterocycles. The largest absolute Gasteiger partial charge is 0.507 e. The summed E-state index contributed by atoms with van der Waals surface area (Å²) in [7, 11) is 2.08. The fourth-order valence-corrected chi connectivity index (χ4v) is 19.4. The van der Waals surface area contributed by atoms with Crippen molar-refractivity contribution in [2.45, 2.75) is 131 Å². The second-order valence-corrected chi connectivity index (χ2v) is 25.3. The molecule has 2 saturated heterocycles. The number of nitrogens with zero attached hydrogens (tertiary/aromatic N) is 1. The summed E-state index contributed by atoms with van der Waals surface area (Å²) >= 11 is 0. The first-order chi connectivity index (χ1) is 38.0. The fraction of sp³-hybridized carbons (Fsp3) is 0.448. The van der Waals surface area contributed by atoms with Gasteiger partial charge in [-0.05, 0) is 175 Å². The number of rotatable bonds is 10. The van der Waals surface area contributed by atoms with Crippen LogP contribution in [-0.4, -0.2) is 78.4 Å². The van der Waals surface area contributed by atoms with E-state index in [1.54, 1.807) is 18.2 Å². The van der Waals surface area contributed by atoms with Crippen LogP contribution in [0.4, 0.5) is 0 Å². The minimum absolute atomic E-state index is 0.0176. The highest BCUT2D eigenvalue weighted by atomic mass is 16.3. The topological polar surface area (TPSA) is 186 Å². The summed E-state index contributed by atoms with van der Waals surface area (Å²) in [5.41, 5.74) is 7.90. The molecule has 2 bridgehead atoms. The number of aromatic hydroxyl groups is 5. The van der Waals surface area contributed by atoms with Crippen molar-refractivity contribution in [1.82, 2.24) is 25.9 Å². The van der Waals surface area contributed by atoms with Crippen molar-refractivity contribution in [3.63, 3.8) is 0 Å². The van der Waals surface area contributed by atoms with Crippen molar-refractivity contribution in [2.24, 2.45) is 39.9 Å². The lowest BCUT2D eigenvalue weighted by atomic mass is 9.31. The van der Waals surface area contributed by atoms with Gasteiger partial charge in [0.2, 0.25) is 0 Å². The summed E-state index contributed by atoms with van der Waals surface area (Å²) in [6, 6.07) is 30.6. The molecule has 4 heterocycles. The zero-order chi connectivity index (χ0) is 53.1. The Morgan fingerprint density at radius 3 is 2.38 bits per heavy atom. The Labute approximate surface area is 457 Å². The molecule has 0 radical (unpaired) electrons. The third-order valence-corrected chi connectivity index (χ3v) is 22.2. The van der Waals surface area contributed by atoms with Crippen molar-refractivity contribution in [2.75, 3.05) is 13.6 Å². The number of aliphatic hydroxyl groups excluding tert-OH is 1. The van der Waals surface area contributed by atoms with E-state index in [-0.39, 0.29) is 91.8 Å². The number of benzene rings is 5. The molecular formula is C67H75N5O6. The van der Waals surface area contributed by atoms with Gasteiger partial charge in [-0.2, -0.15) is 0 Å². The highest BCUT2D eigenvalue weighted by molar-refractivity contribution is 6.03. The second kappa shape index (κ2) is 18.9. The van der Waals surface area contributed by atoms with Crippen LogP contribution in [-0.2, 0) is 18.3 Å². The van der Waals surface area contributed by atoms with Crippen molar-refractivity contribution in [3.05, 3.63) is 166 Å². The number of nitrogens with one attached hydrogen (secondary N) is 4. The van der Waals surface area contributed by atoms with Gasteiger partial charge in [-0.15, -0.1) is 0 Å². The van der Waals surface area contributed by atoms with E-state index in [0.29, 0.717) is 52.7 Å². The number of aromatic nitrogens is 2. The maximum absolute atomic E-state index is 13.1. The van der Waals surface area contributed by atoms with Crippen molar-refractivity contribution >= 4 is 22.9 Å². The third kappa shape index (κ3) is 7.39. The Kier molecular flexibility index (Phi) is 12.1. The van der Waals surface area contributed by atoms with Gasteiger partial charge in [0.1, 0.15) is 5.75 Å². The number of hydrogen-bond donors (Lipinski definition) is 10. The molecule has 3 spiro atoms. The van der Waals surface area contributed by atoms with Crippen LogP contribution in [0.3, 0.4) is 0 Å². The molecule has 4 saturated carbocycles. The van der Waals surface area contributed by atoms with E-state index in [4.69, 9.17) is 4.98 Å².